The smallest absolute Gasteiger partial charge is 0.322 e. The van der Waals surface area contributed by atoms with Crippen LogP contribution in [0.2, 0.25) is 5.02 Å². The van der Waals surface area contributed by atoms with Crippen LogP contribution in [0, 0.1) is 0 Å². The van der Waals surface area contributed by atoms with Crippen molar-refractivity contribution in [1.29, 1.82) is 0 Å². The molecule has 0 spiro atoms. The summed E-state index contributed by atoms with van der Waals surface area (Å²) in [5, 5.41) is -0.419. The zero-order chi connectivity index (χ0) is 11.6. The van der Waals surface area contributed by atoms with E-state index in [9.17, 15) is 17.6 Å². The number of halogens is 5. The molecule has 0 aliphatic rings. The van der Waals surface area contributed by atoms with Crippen LogP contribution in [-0.4, -0.2) is 6.67 Å². The van der Waals surface area contributed by atoms with Crippen molar-refractivity contribution in [2.45, 2.75) is 12.2 Å². The molecule has 1 aromatic rings. The van der Waals surface area contributed by atoms with Crippen molar-refractivity contribution < 1.29 is 17.6 Å². The van der Waals surface area contributed by atoms with Gasteiger partial charge >= 0.3 is 6.18 Å². The molecule has 15 heavy (non-hydrogen) atoms. The molecule has 0 unspecified atom stereocenters. The normalized spacial score (nSPS) is 14.0. The van der Waals surface area contributed by atoms with Crippen molar-refractivity contribution in [3.63, 3.8) is 0 Å². The lowest BCUT2D eigenvalue weighted by Gasteiger charge is -2.13. The van der Waals surface area contributed by atoms with Crippen LogP contribution < -0.4 is 5.73 Å². The van der Waals surface area contributed by atoms with E-state index in [0.29, 0.717) is 0 Å². The van der Waals surface area contributed by atoms with Gasteiger partial charge in [0.15, 0.2) is 0 Å². The van der Waals surface area contributed by atoms with Gasteiger partial charge in [-0.25, -0.2) is 4.39 Å². The summed E-state index contributed by atoms with van der Waals surface area (Å²) in [5.41, 5.74) is 4.35. The maximum absolute atomic E-state index is 12.4. The van der Waals surface area contributed by atoms with Gasteiger partial charge in [-0.2, -0.15) is 13.2 Å². The molecule has 0 aliphatic heterocycles. The highest BCUT2D eigenvalue weighted by Crippen LogP contribution is 2.35. The maximum atomic E-state index is 12.4. The lowest BCUT2D eigenvalue weighted by Crippen LogP contribution is -2.14. The third kappa shape index (κ3) is 2.82. The molecule has 0 heterocycles. The molecule has 0 saturated carbocycles. The third-order valence-electron chi connectivity index (χ3n) is 1.89. The minimum absolute atomic E-state index is 0.0780. The first-order chi connectivity index (χ1) is 6.86. The molecule has 0 amide bonds. The fourth-order valence-corrected chi connectivity index (χ4v) is 1.30. The van der Waals surface area contributed by atoms with E-state index in [-0.39, 0.29) is 5.56 Å². The molecule has 84 valence electrons. The summed E-state index contributed by atoms with van der Waals surface area (Å²) in [4.78, 5) is 0. The number of nitrogens with two attached hydrogens (primary N) is 1. The van der Waals surface area contributed by atoms with Crippen LogP contribution >= 0.6 is 11.6 Å². The maximum Gasteiger partial charge on any atom is 0.417 e. The lowest BCUT2D eigenvalue weighted by molar-refractivity contribution is -0.137. The topological polar surface area (TPSA) is 26.0 Å². The number of alkyl halides is 4. The van der Waals surface area contributed by atoms with Crippen LogP contribution in [0.15, 0.2) is 18.2 Å². The Morgan fingerprint density at radius 2 is 1.93 bits per heavy atom. The molecule has 0 fully saturated rings. The molecule has 0 bridgehead atoms. The van der Waals surface area contributed by atoms with Gasteiger partial charge in [-0.3, -0.25) is 0 Å². The molecule has 0 saturated heterocycles. The molecular formula is C9H8ClF4N. The number of hydrogen-bond donors (Lipinski definition) is 1. The summed E-state index contributed by atoms with van der Waals surface area (Å²) < 4.78 is 49.3. The van der Waals surface area contributed by atoms with Crippen LogP contribution in [0.3, 0.4) is 0 Å². The fourth-order valence-electron chi connectivity index (χ4n) is 1.08. The average molecular weight is 242 g/mol. The number of rotatable bonds is 2. The zero-order valence-electron chi connectivity index (χ0n) is 7.48. The van der Waals surface area contributed by atoms with Crippen molar-refractivity contribution in [2.24, 2.45) is 5.73 Å². The molecule has 2 N–H and O–H groups in total. The third-order valence-corrected chi connectivity index (χ3v) is 2.22. The van der Waals surface area contributed by atoms with Gasteiger partial charge in [0.2, 0.25) is 0 Å². The second kappa shape index (κ2) is 4.37. The Labute approximate surface area is 88.8 Å². The predicted molar refractivity (Wildman–Crippen MR) is 49.4 cm³/mol. The minimum Gasteiger partial charge on any atom is -0.322 e. The zero-order valence-corrected chi connectivity index (χ0v) is 8.24. The van der Waals surface area contributed by atoms with Crippen LogP contribution in [0.1, 0.15) is 17.2 Å². The molecule has 1 nitrogen and oxygen atoms in total. The van der Waals surface area contributed by atoms with Crippen molar-refractivity contribution in [3.8, 4) is 0 Å². The molecule has 6 heteroatoms. The minimum atomic E-state index is -4.55. The van der Waals surface area contributed by atoms with Gasteiger partial charge in [-0.1, -0.05) is 17.7 Å². The molecule has 0 radical (unpaired) electrons. The van der Waals surface area contributed by atoms with E-state index in [1.54, 1.807) is 0 Å². The van der Waals surface area contributed by atoms with Gasteiger partial charge < -0.3 is 5.73 Å². The summed E-state index contributed by atoms with van der Waals surface area (Å²) in [6.45, 7) is -0.918. The van der Waals surface area contributed by atoms with Crippen molar-refractivity contribution >= 4 is 11.6 Å². The molecule has 0 aromatic heterocycles. The largest absolute Gasteiger partial charge is 0.417 e. The molecule has 1 aromatic carbocycles. The van der Waals surface area contributed by atoms with Gasteiger partial charge in [0.1, 0.15) is 6.67 Å². The van der Waals surface area contributed by atoms with Crippen LogP contribution in [0.4, 0.5) is 17.6 Å². The number of hydrogen-bond acceptors (Lipinski definition) is 1. The Bertz CT molecular complexity index is 350. The quantitative estimate of drug-likeness (QED) is 0.790. The van der Waals surface area contributed by atoms with Crippen LogP contribution in [0.25, 0.3) is 0 Å². The second-order valence-electron chi connectivity index (χ2n) is 3.00. The van der Waals surface area contributed by atoms with E-state index >= 15 is 0 Å². The number of benzene rings is 1. The fraction of sp³-hybridized carbons (Fsp3) is 0.333. The average Bonchev–Trinajstić information content (AvgIpc) is 2.15. The Balaban J connectivity index is 3.17. The first kappa shape index (κ1) is 12.3. The Kier molecular flexibility index (Phi) is 3.57. The van der Waals surface area contributed by atoms with Crippen molar-refractivity contribution in [3.05, 3.63) is 34.3 Å². The van der Waals surface area contributed by atoms with Crippen LogP contribution in [-0.2, 0) is 6.18 Å². The SMILES string of the molecule is N[C@@H](CF)c1ccc(Cl)c(C(F)(F)F)c1. The summed E-state index contributed by atoms with van der Waals surface area (Å²) in [6.07, 6.45) is -4.55. The highest BCUT2D eigenvalue weighted by atomic mass is 35.5. The van der Waals surface area contributed by atoms with Gasteiger partial charge in [-0.05, 0) is 17.7 Å². The first-order valence-corrected chi connectivity index (χ1v) is 4.42. The van der Waals surface area contributed by atoms with Crippen molar-refractivity contribution in [2.75, 3.05) is 6.67 Å². The predicted octanol–water partition coefficient (Wildman–Crippen LogP) is 3.33. The van der Waals surface area contributed by atoms with Gasteiger partial charge in [-0.15, -0.1) is 0 Å². The van der Waals surface area contributed by atoms with E-state index < -0.39 is 29.5 Å². The standard InChI is InChI=1S/C9H8ClF4N/c10-7-2-1-5(8(15)4-11)3-6(7)9(12,13)14/h1-3,8H,4,15H2/t8-/m0/s1. The highest BCUT2D eigenvalue weighted by molar-refractivity contribution is 6.31. The summed E-state index contributed by atoms with van der Waals surface area (Å²) in [7, 11) is 0. The van der Waals surface area contributed by atoms with E-state index in [4.69, 9.17) is 17.3 Å². The summed E-state index contributed by atoms with van der Waals surface area (Å²) in [5.74, 6) is 0. The highest BCUT2D eigenvalue weighted by Gasteiger charge is 2.33. The van der Waals surface area contributed by atoms with Gasteiger partial charge in [0, 0.05) is 0 Å². The van der Waals surface area contributed by atoms with E-state index in [2.05, 4.69) is 0 Å². The first-order valence-electron chi connectivity index (χ1n) is 4.04. The summed E-state index contributed by atoms with van der Waals surface area (Å²) in [6, 6.07) is 2.06. The molecule has 1 atom stereocenters. The molecular weight excluding hydrogens is 234 g/mol. The second-order valence-corrected chi connectivity index (χ2v) is 3.41. The lowest BCUT2D eigenvalue weighted by atomic mass is 10.1. The van der Waals surface area contributed by atoms with Gasteiger partial charge in [0.05, 0.1) is 16.6 Å². The van der Waals surface area contributed by atoms with Gasteiger partial charge in [0.25, 0.3) is 0 Å². The Hall–Kier alpha value is -0.810. The van der Waals surface area contributed by atoms with Crippen LogP contribution in [0.5, 0.6) is 0 Å². The summed E-state index contributed by atoms with van der Waals surface area (Å²) >= 11 is 5.37. The van der Waals surface area contributed by atoms with E-state index in [1.165, 1.54) is 6.07 Å². The van der Waals surface area contributed by atoms with E-state index in [0.717, 1.165) is 12.1 Å². The van der Waals surface area contributed by atoms with Crippen molar-refractivity contribution in [1.82, 2.24) is 0 Å². The van der Waals surface area contributed by atoms with E-state index in [1.807, 2.05) is 0 Å². The molecule has 0 aliphatic carbocycles. The monoisotopic (exact) mass is 241 g/mol. The Morgan fingerprint density at radius 1 is 1.33 bits per heavy atom. The molecule has 1 rings (SSSR count). The Morgan fingerprint density at radius 3 is 2.40 bits per heavy atom.